The number of hydrogen-bond acceptors (Lipinski definition) is 2. The Morgan fingerprint density at radius 1 is 0.815 bits per heavy atom. The van der Waals surface area contributed by atoms with Crippen LogP contribution in [-0.2, 0) is 6.18 Å². The Balaban J connectivity index is 1.61. The van der Waals surface area contributed by atoms with Gasteiger partial charge in [-0.05, 0) is 65.1 Å². The fraction of sp³-hybridized carbons (Fsp3) is 0.263. The zero-order valence-electron chi connectivity index (χ0n) is 14.2. The quantitative estimate of drug-likeness (QED) is 0.602. The third-order valence-corrected chi connectivity index (χ3v) is 5.06. The molecule has 8 heteroatoms. The van der Waals surface area contributed by atoms with Gasteiger partial charge < -0.3 is 9.80 Å². The molecule has 0 unspecified atom stereocenters. The second-order valence-electron chi connectivity index (χ2n) is 6.17. The van der Waals surface area contributed by atoms with Gasteiger partial charge in [-0.1, -0.05) is 6.07 Å². The molecule has 27 heavy (non-hydrogen) atoms. The van der Waals surface area contributed by atoms with Gasteiger partial charge in [-0.3, -0.25) is 9.59 Å². The van der Waals surface area contributed by atoms with E-state index >= 15 is 0 Å². The minimum atomic E-state index is -4.43. The van der Waals surface area contributed by atoms with Gasteiger partial charge in [0.25, 0.3) is 11.8 Å². The number of halogens is 4. The molecule has 2 amide bonds. The zero-order valence-corrected chi connectivity index (χ0v) is 16.3. The van der Waals surface area contributed by atoms with Gasteiger partial charge in [0.15, 0.2) is 0 Å². The standard InChI is InChI=1S/C19H16F3IN2O2/c20-19(21,22)15-6-4-13(5-7-15)17(26)24-8-10-25(11-9-24)18(27)14-2-1-3-16(23)12-14/h1-7,12H,8-11H2. The number of amides is 2. The molecule has 1 fully saturated rings. The number of nitrogens with zero attached hydrogens (tertiary/aromatic N) is 2. The van der Waals surface area contributed by atoms with Gasteiger partial charge in [-0.15, -0.1) is 0 Å². The van der Waals surface area contributed by atoms with Crippen LogP contribution in [0.3, 0.4) is 0 Å². The SMILES string of the molecule is O=C(c1ccc(C(F)(F)F)cc1)N1CCN(C(=O)c2cccc(I)c2)CC1. The first-order valence-electron chi connectivity index (χ1n) is 8.27. The molecule has 0 atom stereocenters. The predicted molar refractivity (Wildman–Crippen MR) is 102 cm³/mol. The highest BCUT2D eigenvalue weighted by molar-refractivity contribution is 14.1. The molecule has 142 valence electrons. The smallest absolute Gasteiger partial charge is 0.335 e. The maximum Gasteiger partial charge on any atom is 0.416 e. The van der Waals surface area contributed by atoms with E-state index in [2.05, 4.69) is 22.6 Å². The molecule has 1 saturated heterocycles. The highest BCUT2D eigenvalue weighted by Gasteiger charge is 2.31. The van der Waals surface area contributed by atoms with E-state index in [0.717, 1.165) is 15.7 Å². The number of piperazine rings is 1. The summed E-state index contributed by atoms with van der Waals surface area (Å²) in [6.45, 7) is 1.46. The number of rotatable bonds is 2. The maximum atomic E-state index is 12.6. The van der Waals surface area contributed by atoms with Crippen molar-refractivity contribution >= 4 is 34.4 Å². The van der Waals surface area contributed by atoms with Gasteiger partial charge in [0, 0.05) is 40.9 Å². The molecule has 0 aliphatic carbocycles. The third-order valence-electron chi connectivity index (χ3n) is 4.38. The second-order valence-corrected chi connectivity index (χ2v) is 7.42. The van der Waals surface area contributed by atoms with Crippen LogP contribution < -0.4 is 0 Å². The molecule has 0 radical (unpaired) electrons. The van der Waals surface area contributed by atoms with Gasteiger partial charge in [-0.2, -0.15) is 13.2 Å². The molecule has 0 bridgehead atoms. The lowest BCUT2D eigenvalue weighted by Gasteiger charge is -2.35. The van der Waals surface area contributed by atoms with E-state index < -0.39 is 11.7 Å². The normalized spacial score (nSPS) is 15.0. The van der Waals surface area contributed by atoms with Crippen LogP contribution in [0.1, 0.15) is 26.3 Å². The summed E-state index contributed by atoms with van der Waals surface area (Å²) in [7, 11) is 0. The molecule has 1 aliphatic rings. The van der Waals surface area contributed by atoms with Crippen molar-refractivity contribution in [1.29, 1.82) is 0 Å². The van der Waals surface area contributed by atoms with E-state index in [-0.39, 0.29) is 17.4 Å². The van der Waals surface area contributed by atoms with E-state index in [4.69, 9.17) is 0 Å². The minimum absolute atomic E-state index is 0.0878. The number of carbonyl (C=O) groups excluding carboxylic acids is 2. The van der Waals surface area contributed by atoms with Crippen molar-refractivity contribution in [1.82, 2.24) is 9.80 Å². The summed E-state index contributed by atoms with van der Waals surface area (Å²) in [5, 5.41) is 0. The largest absolute Gasteiger partial charge is 0.416 e. The van der Waals surface area contributed by atoms with Gasteiger partial charge >= 0.3 is 6.18 Å². The van der Waals surface area contributed by atoms with Crippen LogP contribution in [0.25, 0.3) is 0 Å². The van der Waals surface area contributed by atoms with E-state index in [1.54, 1.807) is 15.9 Å². The molecule has 1 aliphatic heterocycles. The van der Waals surface area contributed by atoms with Crippen molar-refractivity contribution in [3.05, 3.63) is 68.8 Å². The number of carbonyl (C=O) groups is 2. The summed E-state index contributed by atoms with van der Waals surface area (Å²) in [5.74, 6) is -0.416. The Kier molecular flexibility index (Phi) is 5.73. The number of alkyl halides is 3. The summed E-state index contributed by atoms with van der Waals surface area (Å²) in [5.41, 5.74) is 0.0248. The third kappa shape index (κ3) is 4.60. The molecule has 1 heterocycles. The lowest BCUT2D eigenvalue weighted by molar-refractivity contribution is -0.137. The predicted octanol–water partition coefficient (Wildman–Crippen LogP) is 3.91. The van der Waals surface area contributed by atoms with Gasteiger partial charge in [0.2, 0.25) is 0 Å². The van der Waals surface area contributed by atoms with Gasteiger partial charge in [-0.25, -0.2) is 0 Å². The summed E-state index contributed by atoms with van der Waals surface area (Å²) in [4.78, 5) is 28.3. The highest BCUT2D eigenvalue weighted by atomic mass is 127. The molecular formula is C19H16F3IN2O2. The van der Waals surface area contributed by atoms with Crippen molar-refractivity contribution in [2.75, 3.05) is 26.2 Å². The van der Waals surface area contributed by atoms with Crippen LogP contribution in [0.15, 0.2) is 48.5 Å². The first kappa shape index (κ1) is 19.7. The maximum absolute atomic E-state index is 12.6. The minimum Gasteiger partial charge on any atom is -0.335 e. The highest BCUT2D eigenvalue weighted by Crippen LogP contribution is 2.29. The number of hydrogen-bond donors (Lipinski definition) is 0. The van der Waals surface area contributed by atoms with Gasteiger partial charge in [0.1, 0.15) is 0 Å². The Morgan fingerprint density at radius 3 is 1.81 bits per heavy atom. The molecular weight excluding hydrogens is 472 g/mol. The Bertz CT molecular complexity index is 845. The van der Waals surface area contributed by atoms with Crippen molar-refractivity contribution in [2.24, 2.45) is 0 Å². The lowest BCUT2D eigenvalue weighted by atomic mass is 10.1. The Hall–Kier alpha value is -2.10. The fourth-order valence-corrected chi connectivity index (χ4v) is 3.44. The molecule has 4 nitrogen and oxygen atoms in total. The Labute approximate surface area is 168 Å². The monoisotopic (exact) mass is 488 g/mol. The Morgan fingerprint density at radius 2 is 1.33 bits per heavy atom. The second kappa shape index (κ2) is 7.87. The average molecular weight is 488 g/mol. The summed E-state index contributed by atoms with van der Waals surface area (Å²) in [6, 6.07) is 11.5. The molecule has 2 aromatic carbocycles. The molecule has 0 saturated carbocycles. The first-order valence-corrected chi connectivity index (χ1v) is 9.35. The van der Waals surface area contributed by atoms with Crippen LogP contribution in [0, 0.1) is 3.57 Å². The number of benzene rings is 2. The summed E-state index contributed by atoms with van der Waals surface area (Å²) in [6.07, 6.45) is -4.43. The van der Waals surface area contributed by atoms with Crippen molar-refractivity contribution in [3.63, 3.8) is 0 Å². The van der Waals surface area contributed by atoms with Crippen molar-refractivity contribution < 1.29 is 22.8 Å². The lowest BCUT2D eigenvalue weighted by Crippen LogP contribution is -2.50. The first-order chi connectivity index (χ1) is 12.8. The van der Waals surface area contributed by atoms with Crippen LogP contribution in [0.4, 0.5) is 13.2 Å². The van der Waals surface area contributed by atoms with Crippen molar-refractivity contribution in [2.45, 2.75) is 6.18 Å². The molecule has 2 aromatic rings. The summed E-state index contributed by atoms with van der Waals surface area (Å²) < 4.78 is 38.8. The zero-order chi connectivity index (χ0) is 19.6. The van der Waals surface area contributed by atoms with E-state index in [0.29, 0.717) is 31.7 Å². The van der Waals surface area contributed by atoms with Crippen LogP contribution in [0.2, 0.25) is 0 Å². The van der Waals surface area contributed by atoms with E-state index in [9.17, 15) is 22.8 Å². The van der Waals surface area contributed by atoms with Crippen LogP contribution >= 0.6 is 22.6 Å². The topological polar surface area (TPSA) is 40.6 Å². The molecule has 0 aromatic heterocycles. The van der Waals surface area contributed by atoms with E-state index in [1.165, 1.54) is 12.1 Å². The molecule has 0 N–H and O–H groups in total. The summed E-state index contributed by atoms with van der Waals surface area (Å²) >= 11 is 2.14. The van der Waals surface area contributed by atoms with Crippen LogP contribution in [-0.4, -0.2) is 47.8 Å². The average Bonchev–Trinajstić information content (AvgIpc) is 2.66. The molecule has 3 rings (SSSR count). The van der Waals surface area contributed by atoms with E-state index in [1.807, 2.05) is 18.2 Å². The fourth-order valence-electron chi connectivity index (χ4n) is 2.90. The van der Waals surface area contributed by atoms with Crippen LogP contribution in [0.5, 0.6) is 0 Å². The van der Waals surface area contributed by atoms with Gasteiger partial charge in [0.05, 0.1) is 5.56 Å². The molecule has 0 spiro atoms. The van der Waals surface area contributed by atoms with Crippen molar-refractivity contribution in [3.8, 4) is 0 Å².